The van der Waals surface area contributed by atoms with Crippen LogP contribution in [0.2, 0.25) is 13.1 Å². The molecule has 2 aliphatic carbocycles. The van der Waals surface area contributed by atoms with Gasteiger partial charge in [-0.25, -0.2) is 0 Å². The van der Waals surface area contributed by atoms with E-state index in [0.29, 0.717) is 5.92 Å². The maximum absolute atomic E-state index is 2.46. The standard InChI is InChI=1S/2C23H25.C2H6Si.2ClH.Zr/c1-16(2)17-10-12-19(13-11-17)22-9-5-8-20-14-21(15-23(20)22)18-6-3-4-7-18;1-2-17-15-21-9-6-10-22(23(21)16-17)20-13-11-19(12-14-20)18-7-4-3-5-8-18;1-3-2;;;/h5,8-16,18H,3-4,6-7H2,1-2H3;6,9-16,18H,2-5,7-8H2,1H3;1-2H3;2*1H;/q2*-1;;;;+2/p-2. The van der Waals surface area contributed by atoms with Gasteiger partial charge < -0.3 is 24.8 Å². The van der Waals surface area contributed by atoms with Crippen molar-refractivity contribution in [2.24, 2.45) is 0 Å². The Balaban J connectivity index is 0.000000204. The second-order valence-electron chi connectivity index (χ2n) is 15.3. The molecule has 0 amide bonds. The third-order valence-electron chi connectivity index (χ3n) is 11.0. The Morgan fingerprint density at radius 2 is 1.12 bits per heavy atom. The first kappa shape index (κ1) is 42.5. The minimum atomic E-state index is 0. The van der Waals surface area contributed by atoms with Crippen molar-refractivity contribution in [3.63, 3.8) is 0 Å². The molecule has 0 atom stereocenters. The molecule has 2 saturated carbocycles. The van der Waals surface area contributed by atoms with Crippen molar-refractivity contribution >= 4 is 27.0 Å². The van der Waals surface area contributed by atoms with E-state index in [0.717, 1.165) is 18.3 Å². The van der Waals surface area contributed by atoms with Gasteiger partial charge in [0.2, 0.25) is 0 Å². The van der Waals surface area contributed by atoms with Crippen LogP contribution < -0.4 is 24.8 Å². The minimum Gasteiger partial charge on any atom is -1.00 e. The molecule has 0 spiro atoms. The van der Waals surface area contributed by atoms with E-state index in [9.17, 15) is 0 Å². The molecule has 8 rings (SSSR count). The van der Waals surface area contributed by atoms with Crippen molar-refractivity contribution in [1.29, 1.82) is 0 Å². The Morgan fingerprint density at radius 1 is 0.635 bits per heavy atom. The summed E-state index contributed by atoms with van der Waals surface area (Å²) in [5.41, 5.74) is 11.6. The van der Waals surface area contributed by atoms with Gasteiger partial charge in [0.1, 0.15) is 0 Å². The smallest absolute Gasteiger partial charge is 1.00 e. The number of hydrogen-bond donors (Lipinski definition) is 0. The Kier molecular flexibility index (Phi) is 16.7. The summed E-state index contributed by atoms with van der Waals surface area (Å²) < 4.78 is 0. The molecule has 0 unspecified atom stereocenters. The summed E-state index contributed by atoms with van der Waals surface area (Å²) in [5.74, 6) is 2.17. The maximum Gasteiger partial charge on any atom is -1.00 e. The Morgan fingerprint density at radius 3 is 1.65 bits per heavy atom. The average molecular weight is 823 g/mol. The monoisotopic (exact) mass is 820 g/mol. The van der Waals surface area contributed by atoms with Crippen molar-refractivity contribution in [3.8, 4) is 22.3 Å². The van der Waals surface area contributed by atoms with Gasteiger partial charge in [0, 0.05) is 0 Å². The second-order valence-corrected chi connectivity index (χ2v) is 24.7. The van der Waals surface area contributed by atoms with Gasteiger partial charge in [0.05, 0.1) is 0 Å². The van der Waals surface area contributed by atoms with Gasteiger partial charge in [0.25, 0.3) is 0 Å². The van der Waals surface area contributed by atoms with Gasteiger partial charge in [-0.15, -0.1) is 69.1 Å². The molecule has 0 N–H and O–H groups in total. The number of aryl methyl sites for hydroxylation is 1. The fraction of sp³-hybridized carbons (Fsp3) is 0.375. The van der Waals surface area contributed by atoms with Crippen LogP contribution in [0.5, 0.6) is 0 Å². The van der Waals surface area contributed by atoms with E-state index >= 15 is 0 Å². The van der Waals surface area contributed by atoms with Gasteiger partial charge in [-0.3, -0.25) is 0 Å². The first-order valence-electron chi connectivity index (χ1n) is 19.4. The van der Waals surface area contributed by atoms with Crippen LogP contribution in [-0.4, -0.2) is 5.43 Å². The summed E-state index contributed by atoms with van der Waals surface area (Å²) in [5, 5.41) is 5.59. The number of benzene rings is 4. The molecule has 6 aromatic rings. The molecule has 0 bridgehead atoms. The molecule has 6 aromatic carbocycles. The summed E-state index contributed by atoms with van der Waals surface area (Å²) in [7, 11) is 0. The normalized spacial score (nSPS) is 14.6. The fourth-order valence-corrected chi connectivity index (χ4v) is 8.18. The van der Waals surface area contributed by atoms with Gasteiger partial charge in [-0.1, -0.05) is 125 Å². The van der Waals surface area contributed by atoms with Crippen LogP contribution in [0.4, 0.5) is 0 Å². The van der Waals surface area contributed by atoms with E-state index in [2.05, 4.69) is 143 Å². The third kappa shape index (κ3) is 10.7. The van der Waals surface area contributed by atoms with Crippen LogP contribution in [-0.2, 0) is 29.8 Å². The van der Waals surface area contributed by atoms with Gasteiger partial charge in [-0.2, -0.15) is 12.1 Å². The molecule has 0 nitrogen and oxygen atoms in total. The van der Waals surface area contributed by atoms with Crippen LogP contribution in [0.15, 0.2) is 109 Å². The summed E-state index contributed by atoms with van der Waals surface area (Å²) in [6, 6.07) is 41.5. The SMILES string of the molecule is CC(C)c1ccc(-c2cccc3[cH-]c(C4CCCC4)cc23)cc1.CCc1cc2c(-c3ccc(C4CCCCC4)cc3)cccc2[cH-]1.C[Si](C)=[Zr+2].[Cl-].[Cl-]. The topological polar surface area (TPSA) is 0 Å². The quantitative estimate of drug-likeness (QED) is 0.117. The molecule has 0 aromatic heterocycles. The predicted molar refractivity (Wildman–Crippen MR) is 218 cm³/mol. The fourth-order valence-electron chi connectivity index (χ4n) is 8.18. The molecule has 0 saturated heterocycles. The Labute approximate surface area is 342 Å². The van der Waals surface area contributed by atoms with E-state index in [1.54, 1.807) is 28.9 Å². The molecular weight excluding hydrogens is 767 g/mol. The summed E-state index contributed by atoms with van der Waals surface area (Å²) >= 11 is 1.74. The molecule has 0 aliphatic heterocycles. The molecule has 2 fully saturated rings. The summed E-state index contributed by atoms with van der Waals surface area (Å²) in [6.07, 6.45) is 13.6. The second kappa shape index (κ2) is 20.5. The zero-order valence-corrected chi connectivity index (χ0v) is 36.9. The van der Waals surface area contributed by atoms with Gasteiger partial charge in [0.15, 0.2) is 0 Å². The van der Waals surface area contributed by atoms with E-state index in [1.807, 2.05) is 0 Å². The molecule has 4 heteroatoms. The number of hydrogen-bond acceptors (Lipinski definition) is 0. The molecule has 0 radical (unpaired) electrons. The van der Waals surface area contributed by atoms with Crippen LogP contribution in [0.25, 0.3) is 43.8 Å². The largest absolute Gasteiger partial charge is 1.00 e. The Hall–Kier alpha value is -2.22. The molecule has 2 aliphatic rings. The first-order chi connectivity index (χ1) is 24.3. The van der Waals surface area contributed by atoms with Gasteiger partial charge >= 0.3 is 41.9 Å². The van der Waals surface area contributed by atoms with Crippen LogP contribution >= 0.6 is 0 Å². The van der Waals surface area contributed by atoms with E-state index in [4.69, 9.17) is 0 Å². The van der Waals surface area contributed by atoms with E-state index in [1.165, 1.54) is 118 Å². The number of rotatable bonds is 6. The molecule has 0 heterocycles. The zero-order chi connectivity index (χ0) is 35.0. The molecule has 272 valence electrons. The molecule has 52 heavy (non-hydrogen) atoms. The maximum atomic E-state index is 2.46. The van der Waals surface area contributed by atoms with Crippen molar-refractivity contribution in [1.82, 2.24) is 0 Å². The number of halogens is 2. The first-order valence-corrected chi connectivity index (χ1v) is 25.6. The van der Waals surface area contributed by atoms with Crippen molar-refractivity contribution in [3.05, 3.63) is 131 Å². The predicted octanol–water partition coefficient (Wildman–Crippen LogP) is 8.63. The van der Waals surface area contributed by atoms with E-state index in [-0.39, 0.29) is 30.2 Å². The van der Waals surface area contributed by atoms with Crippen molar-refractivity contribution < 1.29 is 48.1 Å². The van der Waals surface area contributed by atoms with Gasteiger partial charge in [-0.05, 0) is 72.1 Å². The Bertz CT molecular complexity index is 1980. The van der Waals surface area contributed by atoms with Crippen LogP contribution in [0.1, 0.15) is 119 Å². The van der Waals surface area contributed by atoms with Crippen molar-refractivity contribution in [2.75, 3.05) is 0 Å². The number of fused-ring (bicyclic) bond motifs is 2. The average Bonchev–Trinajstić information content (AvgIpc) is 3.92. The summed E-state index contributed by atoms with van der Waals surface area (Å²) in [4.78, 5) is 0. The summed E-state index contributed by atoms with van der Waals surface area (Å²) in [6.45, 7) is 11.3. The van der Waals surface area contributed by atoms with Crippen molar-refractivity contribution in [2.45, 2.75) is 116 Å². The van der Waals surface area contributed by atoms with Crippen LogP contribution in [0.3, 0.4) is 0 Å². The third-order valence-corrected chi connectivity index (χ3v) is 11.0. The zero-order valence-electron chi connectivity index (χ0n) is 32.0. The van der Waals surface area contributed by atoms with Crippen LogP contribution in [0, 0.1) is 0 Å². The van der Waals surface area contributed by atoms with E-state index < -0.39 is 0 Å². The minimum absolute atomic E-state index is 0. The molecular formula is C48H56Cl2SiZr-2.